The monoisotopic (exact) mass is 297 g/mol. The predicted octanol–water partition coefficient (Wildman–Crippen LogP) is 5.01. The summed E-state index contributed by atoms with van der Waals surface area (Å²) in [6.45, 7) is 11.2. The van der Waals surface area contributed by atoms with Gasteiger partial charge >= 0.3 is 0 Å². The molecule has 2 rings (SSSR count). The summed E-state index contributed by atoms with van der Waals surface area (Å²) in [7, 11) is 0. The molecule has 0 bridgehead atoms. The SMILES string of the molecule is CC(C)(C)C1CCN(CC2(CS)CCCCCC2)CC1. The van der Waals surface area contributed by atoms with Crippen molar-refractivity contribution in [1.29, 1.82) is 0 Å². The molecule has 0 radical (unpaired) electrons. The molecule has 1 aliphatic heterocycles. The second kappa shape index (κ2) is 7.05. The van der Waals surface area contributed by atoms with Crippen molar-refractivity contribution < 1.29 is 0 Å². The predicted molar refractivity (Wildman–Crippen MR) is 92.6 cm³/mol. The second-order valence-electron chi connectivity index (χ2n) is 8.49. The van der Waals surface area contributed by atoms with Crippen LogP contribution in [0, 0.1) is 16.7 Å². The normalized spacial score (nSPS) is 26.4. The van der Waals surface area contributed by atoms with Crippen LogP contribution in [0.3, 0.4) is 0 Å². The van der Waals surface area contributed by atoms with E-state index in [0.717, 1.165) is 11.7 Å². The van der Waals surface area contributed by atoms with Crippen LogP contribution in [-0.2, 0) is 0 Å². The number of hydrogen-bond acceptors (Lipinski definition) is 2. The van der Waals surface area contributed by atoms with Gasteiger partial charge < -0.3 is 4.90 Å². The zero-order valence-electron chi connectivity index (χ0n) is 14.0. The highest BCUT2D eigenvalue weighted by atomic mass is 32.1. The van der Waals surface area contributed by atoms with Gasteiger partial charge in [-0.1, -0.05) is 46.5 Å². The van der Waals surface area contributed by atoms with Gasteiger partial charge in [-0.3, -0.25) is 0 Å². The molecule has 0 atom stereocenters. The van der Waals surface area contributed by atoms with Gasteiger partial charge in [-0.05, 0) is 61.3 Å². The van der Waals surface area contributed by atoms with Crippen LogP contribution < -0.4 is 0 Å². The van der Waals surface area contributed by atoms with Crippen LogP contribution in [0.1, 0.15) is 72.1 Å². The average Bonchev–Trinajstić information content (AvgIpc) is 2.64. The first-order valence-corrected chi connectivity index (χ1v) is 9.42. The summed E-state index contributed by atoms with van der Waals surface area (Å²) in [6.07, 6.45) is 11.4. The summed E-state index contributed by atoms with van der Waals surface area (Å²) in [6, 6.07) is 0. The molecule has 0 spiro atoms. The van der Waals surface area contributed by atoms with Gasteiger partial charge in [-0.2, -0.15) is 12.6 Å². The number of likely N-dealkylation sites (tertiary alicyclic amines) is 1. The van der Waals surface area contributed by atoms with Crippen LogP contribution in [0.25, 0.3) is 0 Å². The van der Waals surface area contributed by atoms with Gasteiger partial charge in [0.25, 0.3) is 0 Å². The number of hydrogen-bond donors (Lipinski definition) is 1. The fraction of sp³-hybridized carbons (Fsp3) is 1.00. The standard InChI is InChI=1S/C18H35NS/c1-17(2,3)16-8-12-19(13-9-16)14-18(15-20)10-6-4-5-7-11-18/h16,20H,4-15H2,1-3H3. The Balaban J connectivity index is 1.87. The van der Waals surface area contributed by atoms with Crippen LogP contribution in [0.15, 0.2) is 0 Å². The first-order chi connectivity index (χ1) is 9.45. The molecule has 20 heavy (non-hydrogen) atoms. The Labute approximate surface area is 132 Å². The molecule has 0 aromatic heterocycles. The first kappa shape index (κ1) is 16.7. The number of rotatable bonds is 3. The molecule has 0 aromatic carbocycles. The summed E-state index contributed by atoms with van der Waals surface area (Å²) < 4.78 is 0. The molecule has 1 saturated carbocycles. The summed E-state index contributed by atoms with van der Waals surface area (Å²) in [5.41, 5.74) is 1.02. The van der Waals surface area contributed by atoms with Crippen molar-refractivity contribution in [3.8, 4) is 0 Å². The van der Waals surface area contributed by atoms with Gasteiger partial charge in [0.2, 0.25) is 0 Å². The molecule has 1 nitrogen and oxygen atoms in total. The number of piperidine rings is 1. The average molecular weight is 298 g/mol. The molecule has 2 fully saturated rings. The second-order valence-corrected chi connectivity index (χ2v) is 8.81. The van der Waals surface area contributed by atoms with Gasteiger partial charge in [-0.15, -0.1) is 0 Å². The van der Waals surface area contributed by atoms with Gasteiger partial charge in [0.15, 0.2) is 0 Å². The van der Waals surface area contributed by atoms with E-state index in [1.165, 1.54) is 71.0 Å². The minimum absolute atomic E-state index is 0.496. The topological polar surface area (TPSA) is 3.24 Å². The van der Waals surface area contributed by atoms with Gasteiger partial charge in [-0.25, -0.2) is 0 Å². The van der Waals surface area contributed by atoms with Crippen molar-refractivity contribution in [3.63, 3.8) is 0 Å². The molecule has 1 saturated heterocycles. The van der Waals surface area contributed by atoms with Gasteiger partial charge in [0, 0.05) is 6.54 Å². The van der Waals surface area contributed by atoms with Crippen LogP contribution >= 0.6 is 12.6 Å². The molecule has 1 aliphatic carbocycles. The van der Waals surface area contributed by atoms with Gasteiger partial charge in [0.1, 0.15) is 0 Å². The van der Waals surface area contributed by atoms with Crippen LogP contribution in [0.4, 0.5) is 0 Å². The van der Waals surface area contributed by atoms with Crippen molar-refractivity contribution in [2.45, 2.75) is 72.1 Å². The summed E-state index contributed by atoms with van der Waals surface area (Å²) in [5, 5.41) is 0. The molecule has 2 heteroatoms. The number of thiol groups is 1. The maximum Gasteiger partial charge on any atom is 0.00458 e. The summed E-state index contributed by atoms with van der Waals surface area (Å²) in [4.78, 5) is 2.75. The third kappa shape index (κ3) is 4.40. The molecule has 1 heterocycles. The lowest BCUT2D eigenvalue weighted by Crippen LogP contribution is -2.44. The van der Waals surface area contributed by atoms with Crippen molar-refractivity contribution in [2.75, 3.05) is 25.4 Å². The maximum atomic E-state index is 4.73. The minimum atomic E-state index is 0.496. The van der Waals surface area contributed by atoms with E-state index in [0.29, 0.717) is 10.8 Å². The lowest BCUT2D eigenvalue weighted by atomic mass is 9.74. The molecule has 0 amide bonds. The van der Waals surface area contributed by atoms with Crippen molar-refractivity contribution in [1.82, 2.24) is 4.90 Å². The smallest absolute Gasteiger partial charge is 0.00458 e. The zero-order chi connectivity index (χ0) is 14.6. The lowest BCUT2D eigenvalue weighted by molar-refractivity contribution is 0.0756. The van der Waals surface area contributed by atoms with Crippen molar-refractivity contribution in [2.24, 2.45) is 16.7 Å². The fourth-order valence-electron chi connectivity index (χ4n) is 4.28. The van der Waals surface area contributed by atoms with E-state index < -0.39 is 0 Å². The summed E-state index contributed by atoms with van der Waals surface area (Å²) in [5.74, 6) is 2.01. The van der Waals surface area contributed by atoms with Crippen LogP contribution in [0.2, 0.25) is 0 Å². The van der Waals surface area contributed by atoms with E-state index in [-0.39, 0.29) is 0 Å². The molecule has 0 N–H and O–H groups in total. The summed E-state index contributed by atoms with van der Waals surface area (Å²) >= 11 is 4.73. The van der Waals surface area contributed by atoms with Crippen molar-refractivity contribution in [3.05, 3.63) is 0 Å². The van der Waals surface area contributed by atoms with Crippen LogP contribution in [-0.4, -0.2) is 30.3 Å². The molecule has 0 unspecified atom stereocenters. The fourth-order valence-corrected chi connectivity index (χ4v) is 4.69. The Morgan fingerprint density at radius 1 is 1.00 bits per heavy atom. The van der Waals surface area contributed by atoms with Gasteiger partial charge in [0.05, 0.1) is 0 Å². The highest BCUT2D eigenvalue weighted by Crippen LogP contribution is 2.39. The Kier molecular flexibility index (Phi) is 5.88. The lowest BCUT2D eigenvalue weighted by Gasteiger charge is -2.43. The molecule has 118 valence electrons. The third-order valence-corrected chi connectivity index (χ3v) is 6.54. The maximum absolute atomic E-state index is 4.73. The van der Waals surface area contributed by atoms with E-state index in [1.807, 2.05) is 0 Å². The minimum Gasteiger partial charge on any atom is -0.303 e. The molecular formula is C18H35NS. The molecule has 0 aromatic rings. The largest absolute Gasteiger partial charge is 0.303 e. The molecule has 2 aliphatic rings. The Hall–Kier alpha value is 0.310. The van der Waals surface area contributed by atoms with E-state index >= 15 is 0 Å². The van der Waals surface area contributed by atoms with Crippen molar-refractivity contribution >= 4 is 12.6 Å². The Morgan fingerprint density at radius 2 is 1.55 bits per heavy atom. The zero-order valence-corrected chi connectivity index (χ0v) is 14.9. The third-order valence-electron chi connectivity index (χ3n) is 5.87. The van der Waals surface area contributed by atoms with E-state index in [1.54, 1.807) is 0 Å². The first-order valence-electron chi connectivity index (χ1n) is 8.78. The van der Waals surface area contributed by atoms with Crippen LogP contribution in [0.5, 0.6) is 0 Å². The highest BCUT2D eigenvalue weighted by molar-refractivity contribution is 7.80. The quantitative estimate of drug-likeness (QED) is 0.566. The number of nitrogens with zero attached hydrogens (tertiary/aromatic N) is 1. The highest BCUT2D eigenvalue weighted by Gasteiger charge is 2.34. The van der Waals surface area contributed by atoms with E-state index in [9.17, 15) is 0 Å². The Morgan fingerprint density at radius 3 is 2.00 bits per heavy atom. The van der Waals surface area contributed by atoms with E-state index in [4.69, 9.17) is 12.6 Å². The Bertz CT molecular complexity index is 278. The molecular weight excluding hydrogens is 262 g/mol. The van der Waals surface area contributed by atoms with E-state index in [2.05, 4.69) is 25.7 Å².